The lowest BCUT2D eigenvalue weighted by atomic mass is 10.1. The second kappa shape index (κ2) is 10.5. The summed E-state index contributed by atoms with van der Waals surface area (Å²) in [6, 6.07) is 9.53. The summed E-state index contributed by atoms with van der Waals surface area (Å²) in [6.07, 6.45) is 3.26. The normalized spacial score (nSPS) is 13.0. The molecule has 0 aliphatic rings. The van der Waals surface area contributed by atoms with Crippen molar-refractivity contribution in [3.63, 3.8) is 0 Å². The summed E-state index contributed by atoms with van der Waals surface area (Å²) in [6.45, 7) is 5.91. The summed E-state index contributed by atoms with van der Waals surface area (Å²) in [5.74, 6) is -0.567. The Morgan fingerprint density at radius 2 is 1.62 bits per heavy atom. The summed E-state index contributed by atoms with van der Waals surface area (Å²) in [5, 5.41) is -0.337. The molecular formula is C19H30O4S. The molecular weight excluding hydrogens is 324 g/mol. The molecule has 0 aromatic heterocycles. The van der Waals surface area contributed by atoms with Crippen molar-refractivity contribution in [1.29, 1.82) is 0 Å². The minimum atomic E-state index is -3.25. The highest BCUT2D eigenvalue weighted by molar-refractivity contribution is 7.92. The van der Waals surface area contributed by atoms with Crippen molar-refractivity contribution in [2.75, 3.05) is 5.75 Å². The third-order valence-corrected chi connectivity index (χ3v) is 6.40. The highest BCUT2D eigenvalue weighted by atomic mass is 32.2. The Morgan fingerprint density at radius 1 is 1.04 bits per heavy atom. The molecule has 0 heterocycles. The predicted octanol–water partition coefficient (Wildman–Crippen LogP) is 4.45. The Hall–Kier alpha value is -1.36. The Morgan fingerprint density at radius 3 is 2.12 bits per heavy atom. The highest BCUT2D eigenvalue weighted by Crippen LogP contribution is 2.22. The van der Waals surface area contributed by atoms with Crippen LogP contribution < -0.4 is 0 Å². The molecule has 0 fully saturated rings. The van der Waals surface area contributed by atoms with Crippen LogP contribution in [-0.4, -0.2) is 25.4 Å². The Balaban J connectivity index is 2.60. The fraction of sp³-hybridized carbons (Fsp3) is 0.632. The predicted molar refractivity (Wildman–Crippen MR) is 97.6 cm³/mol. The molecule has 0 aliphatic heterocycles. The molecule has 0 saturated heterocycles. The van der Waals surface area contributed by atoms with Gasteiger partial charge in [-0.05, 0) is 24.8 Å². The highest BCUT2D eigenvalue weighted by Gasteiger charge is 2.25. The van der Waals surface area contributed by atoms with Crippen LogP contribution >= 0.6 is 0 Å². The first-order chi connectivity index (χ1) is 11.4. The van der Waals surface area contributed by atoms with Gasteiger partial charge in [-0.1, -0.05) is 63.9 Å². The van der Waals surface area contributed by atoms with Gasteiger partial charge in [0, 0.05) is 0 Å². The first-order valence-electron chi connectivity index (χ1n) is 8.90. The van der Waals surface area contributed by atoms with E-state index >= 15 is 0 Å². The maximum absolute atomic E-state index is 12.4. The number of hydrogen-bond donors (Lipinski definition) is 0. The van der Waals surface area contributed by atoms with E-state index in [9.17, 15) is 13.2 Å². The molecule has 0 bridgehead atoms. The van der Waals surface area contributed by atoms with Crippen LogP contribution in [0.2, 0.25) is 0 Å². The van der Waals surface area contributed by atoms with Gasteiger partial charge in [0.25, 0.3) is 0 Å². The number of benzene rings is 1. The zero-order valence-electron chi connectivity index (χ0n) is 15.0. The third kappa shape index (κ3) is 6.63. The van der Waals surface area contributed by atoms with E-state index in [4.69, 9.17) is 4.74 Å². The standard InChI is InChI=1S/C19H30O4S/c1-4-10-17(11-5-2)24(21,22)15-14-19(20)23-18(6-3)16-12-8-7-9-13-16/h7-9,12-13,17-18H,4-6,10-11,14-15H2,1-3H3. The topological polar surface area (TPSA) is 60.4 Å². The fourth-order valence-corrected chi connectivity index (χ4v) is 4.79. The van der Waals surface area contributed by atoms with Gasteiger partial charge < -0.3 is 4.74 Å². The summed E-state index contributed by atoms with van der Waals surface area (Å²) in [4.78, 5) is 12.1. The van der Waals surface area contributed by atoms with Crippen LogP contribution in [0, 0.1) is 0 Å². The van der Waals surface area contributed by atoms with Crippen molar-refractivity contribution in [2.24, 2.45) is 0 Å². The average molecular weight is 355 g/mol. The molecule has 24 heavy (non-hydrogen) atoms. The summed E-state index contributed by atoms with van der Waals surface area (Å²) in [5.41, 5.74) is 0.936. The van der Waals surface area contributed by atoms with E-state index in [1.165, 1.54) is 0 Å². The molecule has 1 rings (SSSR count). The Bertz CT molecular complexity index is 575. The molecule has 1 atom stereocenters. The van der Waals surface area contributed by atoms with Gasteiger partial charge in [-0.25, -0.2) is 8.42 Å². The lowest BCUT2D eigenvalue weighted by molar-refractivity contribution is -0.149. The zero-order chi connectivity index (χ0) is 18.0. The second-order valence-corrected chi connectivity index (χ2v) is 8.51. The zero-order valence-corrected chi connectivity index (χ0v) is 15.8. The van der Waals surface area contributed by atoms with Gasteiger partial charge in [0.05, 0.1) is 17.4 Å². The van der Waals surface area contributed by atoms with E-state index in [1.54, 1.807) is 0 Å². The molecule has 4 nitrogen and oxygen atoms in total. The van der Waals surface area contributed by atoms with Crippen molar-refractivity contribution in [1.82, 2.24) is 0 Å². The van der Waals surface area contributed by atoms with E-state index < -0.39 is 15.8 Å². The smallest absolute Gasteiger partial charge is 0.307 e. The van der Waals surface area contributed by atoms with Crippen LogP contribution in [0.3, 0.4) is 0 Å². The quantitative estimate of drug-likeness (QED) is 0.551. The first kappa shape index (κ1) is 20.7. The van der Waals surface area contributed by atoms with Gasteiger partial charge in [0.15, 0.2) is 9.84 Å². The fourth-order valence-electron chi connectivity index (χ4n) is 2.81. The number of carbonyl (C=O) groups is 1. The molecule has 0 N–H and O–H groups in total. The van der Waals surface area contributed by atoms with Gasteiger partial charge in [0.1, 0.15) is 6.10 Å². The maximum atomic E-state index is 12.4. The largest absolute Gasteiger partial charge is 0.457 e. The Kier molecular flexibility index (Phi) is 9.04. The van der Waals surface area contributed by atoms with Crippen molar-refractivity contribution >= 4 is 15.8 Å². The van der Waals surface area contributed by atoms with E-state index in [-0.39, 0.29) is 23.5 Å². The second-order valence-electron chi connectivity index (χ2n) is 6.11. The third-order valence-electron chi connectivity index (χ3n) is 4.14. The van der Waals surface area contributed by atoms with Gasteiger partial charge in [-0.15, -0.1) is 0 Å². The molecule has 1 unspecified atom stereocenters. The number of esters is 1. The molecule has 1 aromatic carbocycles. The number of sulfone groups is 1. The minimum absolute atomic E-state index is 0.0738. The molecule has 5 heteroatoms. The van der Waals surface area contributed by atoms with Crippen molar-refractivity contribution in [3.8, 4) is 0 Å². The van der Waals surface area contributed by atoms with Crippen LogP contribution in [0.5, 0.6) is 0 Å². The van der Waals surface area contributed by atoms with Crippen LogP contribution in [0.1, 0.15) is 71.0 Å². The van der Waals surface area contributed by atoms with Gasteiger partial charge in [-0.3, -0.25) is 4.79 Å². The number of hydrogen-bond acceptors (Lipinski definition) is 4. The molecule has 136 valence electrons. The van der Waals surface area contributed by atoms with Crippen LogP contribution in [0.15, 0.2) is 30.3 Å². The SMILES string of the molecule is CCCC(CCC)S(=O)(=O)CCC(=O)OC(CC)c1ccccc1. The van der Waals surface area contributed by atoms with Gasteiger partial charge >= 0.3 is 5.97 Å². The lowest BCUT2D eigenvalue weighted by Gasteiger charge is -2.18. The van der Waals surface area contributed by atoms with Crippen LogP contribution in [-0.2, 0) is 19.4 Å². The van der Waals surface area contributed by atoms with Crippen LogP contribution in [0.4, 0.5) is 0 Å². The molecule has 0 spiro atoms. The van der Waals surface area contributed by atoms with Gasteiger partial charge in [0.2, 0.25) is 0 Å². The molecule has 0 radical (unpaired) electrons. The van der Waals surface area contributed by atoms with Crippen molar-refractivity contribution in [3.05, 3.63) is 35.9 Å². The summed E-state index contributed by atoms with van der Waals surface area (Å²) >= 11 is 0. The molecule has 1 aromatic rings. The summed E-state index contributed by atoms with van der Waals surface area (Å²) in [7, 11) is -3.25. The van der Waals surface area contributed by atoms with E-state index in [1.807, 2.05) is 51.1 Å². The summed E-state index contributed by atoms with van der Waals surface area (Å²) < 4.78 is 30.3. The number of carbonyl (C=O) groups excluding carboxylic acids is 1. The molecule has 0 aliphatic carbocycles. The Labute approximate surface area is 146 Å². The monoisotopic (exact) mass is 354 g/mol. The minimum Gasteiger partial charge on any atom is -0.457 e. The van der Waals surface area contributed by atoms with Gasteiger partial charge in [-0.2, -0.15) is 0 Å². The van der Waals surface area contributed by atoms with E-state index in [0.29, 0.717) is 19.3 Å². The molecule has 0 saturated carbocycles. The lowest BCUT2D eigenvalue weighted by Crippen LogP contribution is -2.26. The van der Waals surface area contributed by atoms with Crippen molar-refractivity contribution in [2.45, 2.75) is 70.7 Å². The number of ether oxygens (including phenoxy) is 1. The average Bonchev–Trinajstić information content (AvgIpc) is 2.58. The molecule has 0 amide bonds. The van der Waals surface area contributed by atoms with Crippen molar-refractivity contribution < 1.29 is 17.9 Å². The van der Waals surface area contributed by atoms with Crippen LogP contribution in [0.25, 0.3) is 0 Å². The maximum Gasteiger partial charge on any atom is 0.307 e. The van der Waals surface area contributed by atoms with E-state index in [2.05, 4.69) is 0 Å². The number of rotatable bonds is 11. The first-order valence-corrected chi connectivity index (χ1v) is 10.6. The van der Waals surface area contributed by atoms with E-state index in [0.717, 1.165) is 18.4 Å².